The quantitative estimate of drug-likeness (QED) is 0.697. The van der Waals surface area contributed by atoms with Crippen molar-refractivity contribution in [3.8, 4) is 0 Å². The first-order valence-electron chi connectivity index (χ1n) is 5.17. The predicted octanol–water partition coefficient (Wildman–Crippen LogP) is 2.91. The fourth-order valence-corrected chi connectivity index (χ4v) is 2.84. The number of thioether (sulfide) groups is 1. The molecule has 0 spiro atoms. The van der Waals surface area contributed by atoms with Crippen LogP contribution in [-0.4, -0.2) is 19.6 Å². The molecule has 0 saturated carbocycles. The van der Waals surface area contributed by atoms with Gasteiger partial charge in [-0.25, -0.2) is 9.97 Å². The van der Waals surface area contributed by atoms with Crippen molar-refractivity contribution >= 4 is 35.0 Å². The van der Waals surface area contributed by atoms with Gasteiger partial charge in [-0.3, -0.25) is 0 Å². The normalized spacial score (nSPS) is 10.9. The maximum Gasteiger partial charge on any atom is 0.168 e. The van der Waals surface area contributed by atoms with Gasteiger partial charge < -0.3 is 9.67 Å². The molecule has 0 aliphatic heterocycles. The number of rotatable bonds is 4. The molecule has 96 valence electrons. The third kappa shape index (κ3) is 2.98. The van der Waals surface area contributed by atoms with E-state index in [2.05, 4.69) is 9.97 Å². The van der Waals surface area contributed by atoms with Crippen LogP contribution >= 0.6 is 35.0 Å². The standard InChI is InChI=1S/C11H11Cl2N3OS/c1-16-8(5-17)4-14-11(16)18-6-7-2-3-9(12)15-10(7)13/h2-4,17H,5-6H2,1H3. The highest BCUT2D eigenvalue weighted by Gasteiger charge is 2.08. The average molecular weight is 304 g/mol. The van der Waals surface area contributed by atoms with E-state index in [1.54, 1.807) is 12.3 Å². The number of aliphatic hydroxyl groups is 1. The zero-order valence-corrected chi connectivity index (χ0v) is 11.9. The largest absolute Gasteiger partial charge is 0.390 e. The lowest BCUT2D eigenvalue weighted by molar-refractivity contribution is 0.271. The molecule has 18 heavy (non-hydrogen) atoms. The summed E-state index contributed by atoms with van der Waals surface area (Å²) >= 11 is 13.3. The molecule has 2 rings (SSSR count). The zero-order chi connectivity index (χ0) is 13.1. The van der Waals surface area contributed by atoms with Crippen LogP contribution in [0.3, 0.4) is 0 Å². The van der Waals surface area contributed by atoms with Crippen molar-refractivity contribution in [2.24, 2.45) is 7.05 Å². The number of imidazole rings is 1. The van der Waals surface area contributed by atoms with Crippen LogP contribution in [-0.2, 0) is 19.4 Å². The smallest absolute Gasteiger partial charge is 0.168 e. The summed E-state index contributed by atoms with van der Waals surface area (Å²) in [4.78, 5) is 8.21. The van der Waals surface area contributed by atoms with Gasteiger partial charge in [0.1, 0.15) is 10.3 Å². The SMILES string of the molecule is Cn1c(CO)cnc1SCc1ccc(Cl)nc1Cl. The van der Waals surface area contributed by atoms with Crippen molar-refractivity contribution in [2.75, 3.05) is 0 Å². The van der Waals surface area contributed by atoms with Gasteiger partial charge in [0.25, 0.3) is 0 Å². The van der Waals surface area contributed by atoms with Gasteiger partial charge in [-0.2, -0.15) is 0 Å². The van der Waals surface area contributed by atoms with E-state index in [0.717, 1.165) is 16.4 Å². The number of pyridine rings is 1. The van der Waals surface area contributed by atoms with Gasteiger partial charge in [-0.1, -0.05) is 41.0 Å². The van der Waals surface area contributed by atoms with Crippen molar-refractivity contribution in [1.82, 2.24) is 14.5 Å². The van der Waals surface area contributed by atoms with Gasteiger partial charge >= 0.3 is 0 Å². The maximum atomic E-state index is 9.08. The van der Waals surface area contributed by atoms with E-state index in [-0.39, 0.29) is 6.61 Å². The minimum atomic E-state index is -0.0205. The number of hydrogen-bond donors (Lipinski definition) is 1. The molecule has 0 saturated heterocycles. The van der Waals surface area contributed by atoms with Gasteiger partial charge in [0.15, 0.2) is 5.16 Å². The molecular weight excluding hydrogens is 293 g/mol. The van der Waals surface area contributed by atoms with E-state index in [9.17, 15) is 0 Å². The van der Waals surface area contributed by atoms with E-state index in [0.29, 0.717) is 16.1 Å². The monoisotopic (exact) mass is 303 g/mol. The Morgan fingerprint density at radius 1 is 1.39 bits per heavy atom. The van der Waals surface area contributed by atoms with Gasteiger partial charge in [-0.15, -0.1) is 0 Å². The molecular formula is C11H11Cl2N3OS. The molecule has 2 heterocycles. The van der Waals surface area contributed by atoms with Crippen LogP contribution in [0.25, 0.3) is 0 Å². The van der Waals surface area contributed by atoms with Crippen LogP contribution in [0.5, 0.6) is 0 Å². The highest BCUT2D eigenvalue weighted by Crippen LogP contribution is 2.26. The van der Waals surface area contributed by atoms with E-state index in [1.807, 2.05) is 17.7 Å². The summed E-state index contributed by atoms with van der Waals surface area (Å²) in [5.41, 5.74) is 1.68. The van der Waals surface area contributed by atoms with Crippen molar-refractivity contribution in [1.29, 1.82) is 0 Å². The summed E-state index contributed by atoms with van der Waals surface area (Å²) in [5, 5.41) is 10.7. The van der Waals surface area contributed by atoms with Crippen molar-refractivity contribution in [2.45, 2.75) is 17.5 Å². The van der Waals surface area contributed by atoms with Crippen LogP contribution in [0, 0.1) is 0 Å². The molecule has 0 unspecified atom stereocenters. The second kappa shape index (κ2) is 5.93. The number of hydrogen-bond acceptors (Lipinski definition) is 4. The first-order chi connectivity index (χ1) is 8.61. The molecule has 2 aromatic rings. The first-order valence-corrected chi connectivity index (χ1v) is 6.91. The lowest BCUT2D eigenvalue weighted by Crippen LogP contribution is -1.97. The number of nitrogens with zero attached hydrogens (tertiary/aromatic N) is 3. The molecule has 0 atom stereocenters. The summed E-state index contributed by atoms with van der Waals surface area (Å²) in [6.45, 7) is -0.0205. The highest BCUT2D eigenvalue weighted by molar-refractivity contribution is 7.98. The molecule has 0 bridgehead atoms. The molecule has 4 nitrogen and oxygen atoms in total. The minimum absolute atomic E-state index is 0.0205. The molecule has 0 aliphatic carbocycles. The molecule has 0 aromatic carbocycles. The Morgan fingerprint density at radius 2 is 2.17 bits per heavy atom. The summed E-state index contributed by atoms with van der Waals surface area (Å²) < 4.78 is 1.85. The highest BCUT2D eigenvalue weighted by atomic mass is 35.5. The van der Waals surface area contributed by atoms with Crippen LogP contribution < -0.4 is 0 Å². The zero-order valence-electron chi connectivity index (χ0n) is 9.60. The average Bonchev–Trinajstić information content (AvgIpc) is 2.69. The molecule has 0 radical (unpaired) electrons. The van der Waals surface area contributed by atoms with Crippen LogP contribution in [0.2, 0.25) is 10.3 Å². The molecule has 7 heteroatoms. The number of aliphatic hydroxyl groups excluding tert-OH is 1. The molecule has 0 aliphatic rings. The fraction of sp³-hybridized carbons (Fsp3) is 0.273. The summed E-state index contributed by atoms with van der Waals surface area (Å²) in [6.07, 6.45) is 1.66. The summed E-state index contributed by atoms with van der Waals surface area (Å²) in [6, 6.07) is 3.56. The minimum Gasteiger partial charge on any atom is -0.390 e. The molecule has 2 aromatic heterocycles. The maximum absolute atomic E-state index is 9.08. The lowest BCUT2D eigenvalue weighted by Gasteiger charge is -2.05. The van der Waals surface area contributed by atoms with Crippen molar-refractivity contribution in [3.05, 3.63) is 39.9 Å². The van der Waals surface area contributed by atoms with Gasteiger partial charge in [0, 0.05) is 12.8 Å². The van der Waals surface area contributed by atoms with Crippen LogP contribution in [0.1, 0.15) is 11.3 Å². The Bertz CT molecular complexity index is 559. The second-order valence-corrected chi connectivity index (χ2v) is 5.31. The van der Waals surface area contributed by atoms with Gasteiger partial charge in [-0.05, 0) is 11.6 Å². The van der Waals surface area contributed by atoms with Crippen molar-refractivity contribution in [3.63, 3.8) is 0 Å². The third-order valence-corrected chi connectivity index (χ3v) is 4.08. The third-order valence-electron chi connectivity index (χ3n) is 2.45. The second-order valence-electron chi connectivity index (χ2n) is 3.62. The van der Waals surface area contributed by atoms with Crippen LogP contribution in [0.15, 0.2) is 23.5 Å². The predicted molar refractivity (Wildman–Crippen MR) is 72.9 cm³/mol. The summed E-state index contributed by atoms with van der Waals surface area (Å²) in [7, 11) is 1.86. The van der Waals surface area contributed by atoms with E-state index >= 15 is 0 Å². The lowest BCUT2D eigenvalue weighted by atomic mass is 10.3. The van der Waals surface area contributed by atoms with E-state index in [1.165, 1.54) is 11.8 Å². The first kappa shape index (κ1) is 13.7. The topological polar surface area (TPSA) is 50.9 Å². The Kier molecular flexibility index (Phi) is 4.50. The Labute approximate surface area is 119 Å². The Morgan fingerprint density at radius 3 is 2.78 bits per heavy atom. The Hall–Kier alpha value is -0.750. The summed E-state index contributed by atoms with van der Waals surface area (Å²) in [5.74, 6) is 0.652. The molecule has 1 N–H and O–H groups in total. The van der Waals surface area contributed by atoms with E-state index in [4.69, 9.17) is 28.3 Å². The fourth-order valence-electron chi connectivity index (χ4n) is 1.40. The number of halogens is 2. The van der Waals surface area contributed by atoms with Gasteiger partial charge in [0.2, 0.25) is 0 Å². The van der Waals surface area contributed by atoms with E-state index < -0.39 is 0 Å². The van der Waals surface area contributed by atoms with Crippen molar-refractivity contribution < 1.29 is 5.11 Å². The molecule has 0 amide bonds. The number of aromatic nitrogens is 3. The van der Waals surface area contributed by atoms with Gasteiger partial charge in [0.05, 0.1) is 18.5 Å². The molecule has 0 fully saturated rings. The Balaban J connectivity index is 2.09. The van der Waals surface area contributed by atoms with Crippen LogP contribution in [0.4, 0.5) is 0 Å².